The standard InChI is InChI=1S/C12H16N2O2S/c1-3-11(4-2)14-17(15,16)12-8-6-5-7-10(12)9-13/h5-8,11,14H,3-4H2,1-2H3. The van der Waals surface area contributed by atoms with E-state index in [9.17, 15) is 8.42 Å². The molecule has 0 unspecified atom stereocenters. The van der Waals surface area contributed by atoms with Crippen LogP contribution in [0.3, 0.4) is 0 Å². The molecule has 5 heteroatoms. The number of hydrogen-bond acceptors (Lipinski definition) is 3. The van der Waals surface area contributed by atoms with Crippen LogP contribution in [0.25, 0.3) is 0 Å². The van der Waals surface area contributed by atoms with E-state index in [1.165, 1.54) is 12.1 Å². The molecule has 0 aliphatic carbocycles. The average Bonchev–Trinajstić information content (AvgIpc) is 2.35. The van der Waals surface area contributed by atoms with E-state index in [1.807, 2.05) is 19.9 Å². The van der Waals surface area contributed by atoms with E-state index in [-0.39, 0.29) is 16.5 Å². The van der Waals surface area contributed by atoms with Crippen molar-refractivity contribution in [2.45, 2.75) is 37.6 Å². The van der Waals surface area contributed by atoms with Gasteiger partial charge >= 0.3 is 0 Å². The van der Waals surface area contributed by atoms with E-state index in [4.69, 9.17) is 5.26 Å². The highest BCUT2D eigenvalue weighted by Gasteiger charge is 2.20. The van der Waals surface area contributed by atoms with Crippen LogP contribution in [-0.4, -0.2) is 14.5 Å². The van der Waals surface area contributed by atoms with E-state index in [0.29, 0.717) is 0 Å². The van der Waals surface area contributed by atoms with Crippen molar-refractivity contribution >= 4 is 10.0 Å². The maximum Gasteiger partial charge on any atom is 0.242 e. The van der Waals surface area contributed by atoms with Gasteiger partial charge in [-0.15, -0.1) is 0 Å². The number of benzene rings is 1. The molecule has 0 saturated heterocycles. The van der Waals surface area contributed by atoms with Crippen molar-refractivity contribution < 1.29 is 8.42 Å². The van der Waals surface area contributed by atoms with Crippen LogP contribution in [0, 0.1) is 11.3 Å². The summed E-state index contributed by atoms with van der Waals surface area (Å²) in [5, 5.41) is 8.89. The maximum absolute atomic E-state index is 12.1. The van der Waals surface area contributed by atoms with E-state index >= 15 is 0 Å². The van der Waals surface area contributed by atoms with Gasteiger partial charge in [-0.3, -0.25) is 0 Å². The summed E-state index contributed by atoms with van der Waals surface area (Å²) in [6.07, 6.45) is 1.45. The average molecular weight is 252 g/mol. The molecule has 17 heavy (non-hydrogen) atoms. The van der Waals surface area contributed by atoms with Gasteiger partial charge in [0.2, 0.25) is 10.0 Å². The predicted octanol–water partition coefficient (Wildman–Crippen LogP) is 2.03. The monoisotopic (exact) mass is 252 g/mol. The zero-order valence-corrected chi connectivity index (χ0v) is 10.8. The van der Waals surface area contributed by atoms with E-state index in [0.717, 1.165) is 12.8 Å². The molecule has 1 N–H and O–H groups in total. The Hall–Kier alpha value is -1.38. The SMILES string of the molecule is CCC(CC)NS(=O)(=O)c1ccccc1C#N. The number of nitriles is 1. The maximum atomic E-state index is 12.1. The molecule has 0 radical (unpaired) electrons. The molecule has 0 bridgehead atoms. The van der Waals surface area contributed by atoms with Gasteiger partial charge in [-0.05, 0) is 25.0 Å². The van der Waals surface area contributed by atoms with Gasteiger partial charge in [0, 0.05) is 6.04 Å². The van der Waals surface area contributed by atoms with Gasteiger partial charge in [-0.25, -0.2) is 13.1 Å². The molecule has 0 aromatic heterocycles. The van der Waals surface area contributed by atoms with Gasteiger partial charge in [0.15, 0.2) is 0 Å². The van der Waals surface area contributed by atoms with Gasteiger partial charge in [-0.1, -0.05) is 26.0 Å². The lowest BCUT2D eigenvalue weighted by atomic mass is 10.2. The molecule has 0 saturated carbocycles. The number of nitrogens with zero attached hydrogens (tertiary/aromatic N) is 1. The Morgan fingerprint density at radius 3 is 2.41 bits per heavy atom. The highest BCUT2D eigenvalue weighted by atomic mass is 32.2. The minimum absolute atomic E-state index is 0.0504. The largest absolute Gasteiger partial charge is 0.242 e. The molecule has 1 rings (SSSR count). The van der Waals surface area contributed by atoms with Crippen molar-refractivity contribution in [3.63, 3.8) is 0 Å². The second-order valence-electron chi connectivity index (χ2n) is 3.74. The summed E-state index contributed by atoms with van der Waals surface area (Å²) in [6.45, 7) is 3.85. The Kier molecular flexibility index (Phi) is 4.67. The smallest absolute Gasteiger partial charge is 0.208 e. The molecule has 1 aromatic carbocycles. The Morgan fingerprint density at radius 1 is 1.29 bits per heavy atom. The lowest BCUT2D eigenvalue weighted by Crippen LogP contribution is -2.34. The Labute approximate surface area is 102 Å². The van der Waals surface area contributed by atoms with Crippen LogP contribution in [0.4, 0.5) is 0 Å². The van der Waals surface area contributed by atoms with E-state index < -0.39 is 10.0 Å². The van der Waals surface area contributed by atoms with Crippen LogP contribution < -0.4 is 4.72 Å². The third kappa shape index (κ3) is 3.29. The zero-order valence-electron chi connectivity index (χ0n) is 9.97. The first-order chi connectivity index (χ1) is 8.05. The summed E-state index contributed by atoms with van der Waals surface area (Å²) < 4.78 is 26.8. The molecule has 0 atom stereocenters. The third-order valence-corrected chi connectivity index (χ3v) is 4.18. The van der Waals surface area contributed by atoms with Crippen LogP contribution in [0.15, 0.2) is 29.2 Å². The summed E-state index contributed by atoms with van der Waals surface area (Å²) in [7, 11) is -3.60. The molecule has 0 aliphatic heterocycles. The van der Waals surface area contributed by atoms with Crippen LogP contribution in [0.1, 0.15) is 32.3 Å². The lowest BCUT2D eigenvalue weighted by Gasteiger charge is -2.15. The number of sulfonamides is 1. The summed E-state index contributed by atoms with van der Waals surface area (Å²) in [5.41, 5.74) is 0.172. The van der Waals surface area contributed by atoms with Crippen LogP contribution in [0.5, 0.6) is 0 Å². The fourth-order valence-electron chi connectivity index (χ4n) is 1.53. The van der Waals surface area contributed by atoms with Crippen molar-refractivity contribution in [3.05, 3.63) is 29.8 Å². The second kappa shape index (κ2) is 5.80. The number of nitrogens with one attached hydrogen (secondary N) is 1. The van der Waals surface area contributed by atoms with Gasteiger partial charge in [-0.2, -0.15) is 5.26 Å². The minimum atomic E-state index is -3.60. The molecule has 1 aromatic rings. The highest BCUT2D eigenvalue weighted by molar-refractivity contribution is 7.89. The van der Waals surface area contributed by atoms with Gasteiger partial charge in [0.05, 0.1) is 10.5 Å². The molecule has 0 spiro atoms. The highest BCUT2D eigenvalue weighted by Crippen LogP contribution is 2.15. The fourth-order valence-corrected chi connectivity index (χ4v) is 3.09. The third-order valence-electron chi connectivity index (χ3n) is 2.60. The van der Waals surface area contributed by atoms with Crippen LogP contribution >= 0.6 is 0 Å². The van der Waals surface area contributed by atoms with E-state index in [1.54, 1.807) is 12.1 Å². The predicted molar refractivity (Wildman–Crippen MR) is 65.8 cm³/mol. The van der Waals surface area contributed by atoms with Crippen molar-refractivity contribution in [1.29, 1.82) is 5.26 Å². The number of rotatable bonds is 5. The van der Waals surface area contributed by atoms with Crippen molar-refractivity contribution in [2.75, 3.05) is 0 Å². The Morgan fingerprint density at radius 2 is 1.88 bits per heavy atom. The first-order valence-corrected chi connectivity index (χ1v) is 7.05. The number of hydrogen-bond donors (Lipinski definition) is 1. The fraction of sp³-hybridized carbons (Fsp3) is 0.417. The molecule has 4 nitrogen and oxygen atoms in total. The second-order valence-corrected chi connectivity index (χ2v) is 5.43. The Bertz CT molecular complexity index is 514. The Balaban J connectivity index is 3.10. The minimum Gasteiger partial charge on any atom is -0.208 e. The molecular weight excluding hydrogens is 236 g/mol. The lowest BCUT2D eigenvalue weighted by molar-refractivity contribution is 0.530. The topological polar surface area (TPSA) is 70.0 Å². The summed E-state index contributed by atoms with van der Waals surface area (Å²) in [4.78, 5) is 0.0504. The van der Waals surface area contributed by atoms with Crippen molar-refractivity contribution in [3.8, 4) is 6.07 Å². The van der Waals surface area contributed by atoms with Crippen LogP contribution in [0.2, 0.25) is 0 Å². The molecule has 0 fully saturated rings. The zero-order chi connectivity index (χ0) is 12.9. The molecule has 92 valence electrons. The normalized spacial score (nSPS) is 11.4. The molecule has 0 amide bonds. The summed E-state index contributed by atoms with van der Waals surface area (Å²) in [5.74, 6) is 0. The quantitative estimate of drug-likeness (QED) is 0.871. The molecular formula is C12H16N2O2S. The van der Waals surface area contributed by atoms with Gasteiger partial charge < -0.3 is 0 Å². The van der Waals surface area contributed by atoms with Gasteiger partial charge in [0.1, 0.15) is 6.07 Å². The van der Waals surface area contributed by atoms with Crippen LogP contribution in [-0.2, 0) is 10.0 Å². The van der Waals surface area contributed by atoms with Crippen molar-refractivity contribution in [1.82, 2.24) is 4.72 Å². The van der Waals surface area contributed by atoms with Crippen molar-refractivity contribution in [2.24, 2.45) is 0 Å². The van der Waals surface area contributed by atoms with E-state index in [2.05, 4.69) is 4.72 Å². The van der Waals surface area contributed by atoms with Gasteiger partial charge in [0.25, 0.3) is 0 Å². The first kappa shape index (κ1) is 13.7. The first-order valence-electron chi connectivity index (χ1n) is 5.56. The summed E-state index contributed by atoms with van der Waals surface area (Å²) in [6, 6.07) is 8.01. The summed E-state index contributed by atoms with van der Waals surface area (Å²) >= 11 is 0. The molecule has 0 aliphatic rings. The molecule has 0 heterocycles.